The van der Waals surface area contributed by atoms with Crippen molar-refractivity contribution in [1.29, 1.82) is 0 Å². The lowest BCUT2D eigenvalue weighted by Crippen LogP contribution is -2.10. The van der Waals surface area contributed by atoms with Crippen LogP contribution in [0, 0.1) is 0 Å². The Kier molecular flexibility index (Phi) is 4.48. The predicted octanol–water partition coefficient (Wildman–Crippen LogP) is 4.87. The molecule has 4 rings (SSSR count). The number of carbonyl (C=O) groups is 1. The summed E-state index contributed by atoms with van der Waals surface area (Å²) in [6.07, 6.45) is 3.62. The number of fused-ring (bicyclic) bond motifs is 1. The third kappa shape index (κ3) is 3.64. The van der Waals surface area contributed by atoms with Crippen LogP contribution in [0.15, 0.2) is 83.4 Å². The molecule has 0 saturated carbocycles. The molecule has 0 fully saturated rings. The summed E-state index contributed by atoms with van der Waals surface area (Å²) in [6, 6.07) is 23.2. The van der Waals surface area contributed by atoms with E-state index in [4.69, 9.17) is 4.42 Å². The van der Waals surface area contributed by atoms with Crippen LogP contribution in [-0.4, -0.2) is 10.9 Å². The highest BCUT2D eigenvalue weighted by molar-refractivity contribution is 6.04. The molecule has 1 N–H and O–H groups in total. The lowest BCUT2D eigenvalue weighted by Gasteiger charge is -2.05. The van der Waals surface area contributed by atoms with Crippen molar-refractivity contribution in [1.82, 2.24) is 4.98 Å². The summed E-state index contributed by atoms with van der Waals surface area (Å²) in [7, 11) is 0. The number of rotatable bonds is 5. The Morgan fingerprint density at radius 2 is 1.73 bits per heavy atom. The lowest BCUT2D eigenvalue weighted by atomic mass is 10.1. The number of hydrogen-bond donors (Lipinski definition) is 1. The smallest absolute Gasteiger partial charge is 0.291 e. The number of nitrogens with zero attached hydrogens (tertiary/aromatic N) is 1. The zero-order valence-corrected chi connectivity index (χ0v) is 14.2. The second-order valence-electron chi connectivity index (χ2n) is 6.12. The van der Waals surface area contributed by atoms with Crippen LogP contribution in [0.1, 0.15) is 21.8 Å². The topological polar surface area (TPSA) is 55.1 Å². The van der Waals surface area contributed by atoms with Gasteiger partial charge in [0.15, 0.2) is 5.76 Å². The van der Waals surface area contributed by atoms with Crippen LogP contribution in [0.3, 0.4) is 0 Å². The van der Waals surface area contributed by atoms with Crippen molar-refractivity contribution >= 4 is 22.6 Å². The van der Waals surface area contributed by atoms with Crippen molar-refractivity contribution in [2.24, 2.45) is 0 Å². The van der Waals surface area contributed by atoms with Gasteiger partial charge in [-0.25, -0.2) is 0 Å². The number of pyridine rings is 1. The molecule has 0 saturated heterocycles. The van der Waals surface area contributed by atoms with Crippen molar-refractivity contribution < 1.29 is 9.21 Å². The van der Waals surface area contributed by atoms with Gasteiger partial charge in [0, 0.05) is 23.0 Å². The minimum Gasteiger partial charge on any atom is -0.451 e. The Morgan fingerprint density at radius 3 is 2.50 bits per heavy atom. The number of aromatic nitrogens is 1. The van der Waals surface area contributed by atoms with Gasteiger partial charge in [-0.05, 0) is 54.8 Å². The van der Waals surface area contributed by atoms with E-state index in [1.807, 2.05) is 72.9 Å². The van der Waals surface area contributed by atoms with E-state index in [0.717, 1.165) is 29.6 Å². The summed E-state index contributed by atoms with van der Waals surface area (Å²) >= 11 is 0. The summed E-state index contributed by atoms with van der Waals surface area (Å²) < 4.78 is 5.59. The van der Waals surface area contributed by atoms with E-state index in [9.17, 15) is 4.79 Å². The second-order valence-corrected chi connectivity index (χ2v) is 6.12. The molecule has 0 atom stereocenters. The normalized spacial score (nSPS) is 10.8. The van der Waals surface area contributed by atoms with E-state index < -0.39 is 0 Å². The van der Waals surface area contributed by atoms with Crippen LogP contribution < -0.4 is 5.32 Å². The van der Waals surface area contributed by atoms with E-state index in [1.165, 1.54) is 5.56 Å². The fraction of sp³-hybridized carbons (Fsp3) is 0.0909. The van der Waals surface area contributed by atoms with Crippen LogP contribution >= 0.6 is 0 Å². The summed E-state index contributed by atoms with van der Waals surface area (Å²) in [5.74, 6) is 0.0628. The molecule has 4 heteroatoms. The molecule has 2 aromatic carbocycles. The van der Waals surface area contributed by atoms with E-state index >= 15 is 0 Å². The van der Waals surface area contributed by atoms with Gasteiger partial charge < -0.3 is 9.73 Å². The SMILES string of the molecule is O=C(Nc1ccc(CCc2ccccn2)cc1)c1cc2ccccc2o1. The maximum Gasteiger partial charge on any atom is 0.291 e. The molecule has 0 aliphatic carbocycles. The molecule has 4 nitrogen and oxygen atoms in total. The summed E-state index contributed by atoms with van der Waals surface area (Å²) in [4.78, 5) is 16.7. The summed E-state index contributed by atoms with van der Waals surface area (Å²) in [6.45, 7) is 0. The van der Waals surface area contributed by atoms with Gasteiger partial charge in [0.1, 0.15) is 5.58 Å². The maximum absolute atomic E-state index is 12.4. The van der Waals surface area contributed by atoms with Gasteiger partial charge in [-0.1, -0.05) is 36.4 Å². The zero-order chi connectivity index (χ0) is 17.8. The lowest BCUT2D eigenvalue weighted by molar-refractivity contribution is 0.0998. The zero-order valence-electron chi connectivity index (χ0n) is 14.2. The van der Waals surface area contributed by atoms with Gasteiger partial charge in [-0.2, -0.15) is 0 Å². The number of furan rings is 1. The van der Waals surface area contributed by atoms with E-state index in [-0.39, 0.29) is 5.91 Å². The monoisotopic (exact) mass is 342 g/mol. The van der Waals surface area contributed by atoms with Crippen molar-refractivity contribution in [3.8, 4) is 0 Å². The van der Waals surface area contributed by atoms with E-state index in [0.29, 0.717) is 11.3 Å². The minimum absolute atomic E-state index is 0.248. The van der Waals surface area contributed by atoms with Gasteiger partial charge in [-0.15, -0.1) is 0 Å². The van der Waals surface area contributed by atoms with Crippen molar-refractivity contribution in [2.75, 3.05) is 5.32 Å². The van der Waals surface area contributed by atoms with Crippen LogP contribution in [0.5, 0.6) is 0 Å². The molecular formula is C22H18N2O2. The Morgan fingerprint density at radius 1 is 0.923 bits per heavy atom. The van der Waals surface area contributed by atoms with Crippen molar-refractivity contribution in [3.05, 3.63) is 96.0 Å². The van der Waals surface area contributed by atoms with Crippen LogP contribution in [0.25, 0.3) is 11.0 Å². The second kappa shape index (κ2) is 7.23. The molecule has 0 unspecified atom stereocenters. The summed E-state index contributed by atoms with van der Waals surface area (Å²) in [5.41, 5.74) is 3.74. The Labute approximate surface area is 151 Å². The average Bonchev–Trinajstić information content (AvgIpc) is 3.13. The summed E-state index contributed by atoms with van der Waals surface area (Å²) in [5, 5.41) is 3.79. The molecule has 26 heavy (non-hydrogen) atoms. The number of anilines is 1. The van der Waals surface area contributed by atoms with Gasteiger partial charge in [0.25, 0.3) is 5.91 Å². The number of aryl methyl sites for hydroxylation is 2. The Bertz CT molecular complexity index is 988. The van der Waals surface area contributed by atoms with Crippen LogP contribution in [-0.2, 0) is 12.8 Å². The van der Waals surface area contributed by atoms with Crippen LogP contribution in [0.4, 0.5) is 5.69 Å². The highest BCUT2D eigenvalue weighted by Gasteiger charge is 2.12. The molecule has 0 radical (unpaired) electrons. The molecule has 1 amide bonds. The molecular weight excluding hydrogens is 324 g/mol. The maximum atomic E-state index is 12.4. The Hall–Kier alpha value is -3.40. The number of benzene rings is 2. The fourth-order valence-corrected chi connectivity index (χ4v) is 2.86. The minimum atomic E-state index is -0.248. The first-order chi connectivity index (χ1) is 12.8. The fourth-order valence-electron chi connectivity index (χ4n) is 2.86. The third-order valence-electron chi connectivity index (χ3n) is 4.26. The van der Waals surface area contributed by atoms with E-state index in [2.05, 4.69) is 10.3 Å². The standard InChI is InChI=1S/C22H18N2O2/c25-22(21-15-17-5-1-2-7-20(17)26-21)24-19-12-9-16(10-13-19)8-11-18-6-3-4-14-23-18/h1-7,9-10,12-15H,8,11H2,(H,24,25). The number of amides is 1. The van der Waals surface area contributed by atoms with E-state index in [1.54, 1.807) is 6.07 Å². The van der Waals surface area contributed by atoms with Crippen molar-refractivity contribution in [3.63, 3.8) is 0 Å². The predicted molar refractivity (Wildman–Crippen MR) is 102 cm³/mol. The largest absolute Gasteiger partial charge is 0.451 e. The van der Waals surface area contributed by atoms with Gasteiger partial charge in [0.05, 0.1) is 0 Å². The first-order valence-electron chi connectivity index (χ1n) is 8.57. The quantitative estimate of drug-likeness (QED) is 0.563. The first-order valence-corrected chi connectivity index (χ1v) is 8.57. The molecule has 128 valence electrons. The van der Waals surface area contributed by atoms with Gasteiger partial charge in [0.2, 0.25) is 0 Å². The molecule has 0 aliphatic heterocycles. The first kappa shape index (κ1) is 16.1. The molecule has 0 bridgehead atoms. The van der Waals surface area contributed by atoms with Crippen molar-refractivity contribution in [2.45, 2.75) is 12.8 Å². The number of nitrogens with one attached hydrogen (secondary N) is 1. The number of carbonyl (C=O) groups excluding carboxylic acids is 1. The molecule has 2 heterocycles. The average molecular weight is 342 g/mol. The Balaban J connectivity index is 1.39. The molecule has 2 aromatic heterocycles. The van der Waals surface area contributed by atoms with Crippen LogP contribution in [0.2, 0.25) is 0 Å². The third-order valence-corrected chi connectivity index (χ3v) is 4.26. The van der Waals surface area contributed by atoms with Gasteiger partial charge in [-0.3, -0.25) is 9.78 Å². The number of para-hydroxylation sites is 1. The molecule has 0 spiro atoms. The number of hydrogen-bond acceptors (Lipinski definition) is 3. The van der Waals surface area contributed by atoms with Gasteiger partial charge >= 0.3 is 0 Å². The molecule has 0 aliphatic rings. The highest BCUT2D eigenvalue weighted by atomic mass is 16.3. The highest BCUT2D eigenvalue weighted by Crippen LogP contribution is 2.20. The molecule has 4 aromatic rings.